The molecule has 0 aromatic heterocycles. The molecule has 0 heterocycles. The molecule has 0 amide bonds. The first-order valence-electron chi connectivity index (χ1n) is 7.86. The van der Waals surface area contributed by atoms with Gasteiger partial charge in [-0.25, -0.2) is 0 Å². The fourth-order valence-corrected chi connectivity index (χ4v) is 2.58. The maximum Gasteiger partial charge on any atom is 0.128 e. The summed E-state index contributed by atoms with van der Waals surface area (Å²) in [7, 11) is 0. The highest BCUT2D eigenvalue weighted by Crippen LogP contribution is 2.29. The number of fused-ring (bicyclic) bond motifs is 1. The number of hydrogen-bond donors (Lipinski definition) is 0. The van der Waals surface area contributed by atoms with Gasteiger partial charge in [-0.15, -0.1) is 0 Å². The molecule has 4 aromatic carbocycles. The number of rotatable bonds is 4. The molecule has 4 aromatic rings. The maximum absolute atomic E-state index is 5.90. The summed E-state index contributed by atoms with van der Waals surface area (Å²) in [5, 5.41) is 2.23. The minimum absolute atomic E-state index is 0.811. The lowest BCUT2D eigenvalue weighted by Gasteiger charge is -2.09. The van der Waals surface area contributed by atoms with E-state index in [0.717, 1.165) is 33.8 Å². The van der Waals surface area contributed by atoms with Gasteiger partial charge in [-0.3, -0.25) is 0 Å². The summed E-state index contributed by atoms with van der Waals surface area (Å²) in [6, 6.07) is 31.7. The lowest BCUT2D eigenvalue weighted by molar-refractivity contribution is 0.482. The molecule has 24 heavy (non-hydrogen) atoms. The third-order valence-electron chi connectivity index (χ3n) is 3.74. The first kappa shape index (κ1) is 14.3. The zero-order valence-electron chi connectivity index (χ0n) is 13.1. The van der Waals surface area contributed by atoms with Gasteiger partial charge < -0.3 is 9.47 Å². The lowest BCUT2D eigenvalue weighted by atomic mass is 10.1. The Hall–Kier alpha value is -3.26. The van der Waals surface area contributed by atoms with Gasteiger partial charge in [-0.05, 0) is 59.3 Å². The van der Waals surface area contributed by atoms with E-state index in [0.29, 0.717) is 0 Å². The molecule has 0 bridgehead atoms. The zero-order chi connectivity index (χ0) is 16.2. The summed E-state index contributed by atoms with van der Waals surface area (Å²) in [5.41, 5.74) is 0. The molecule has 2 nitrogen and oxygen atoms in total. The second kappa shape index (κ2) is 6.47. The van der Waals surface area contributed by atoms with Gasteiger partial charge in [0.05, 0.1) is 0 Å². The van der Waals surface area contributed by atoms with Crippen molar-refractivity contribution in [2.45, 2.75) is 0 Å². The van der Waals surface area contributed by atoms with Crippen LogP contribution < -0.4 is 9.47 Å². The van der Waals surface area contributed by atoms with Crippen LogP contribution >= 0.6 is 0 Å². The summed E-state index contributed by atoms with van der Waals surface area (Å²) in [6.07, 6.45) is 0. The smallest absolute Gasteiger partial charge is 0.128 e. The minimum Gasteiger partial charge on any atom is -0.457 e. The number of hydrogen-bond acceptors (Lipinski definition) is 2. The van der Waals surface area contributed by atoms with Crippen LogP contribution in [0.5, 0.6) is 23.0 Å². The Morgan fingerprint density at radius 1 is 0.375 bits per heavy atom. The predicted octanol–water partition coefficient (Wildman–Crippen LogP) is 6.42. The molecule has 0 aliphatic carbocycles. The molecule has 0 N–H and O–H groups in total. The maximum atomic E-state index is 5.90. The highest BCUT2D eigenvalue weighted by atomic mass is 16.5. The molecule has 0 atom stereocenters. The second-order valence-corrected chi connectivity index (χ2v) is 5.50. The summed E-state index contributed by atoms with van der Waals surface area (Å²) in [4.78, 5) is 0. The molecule has 0 fully saturated rings. The molecule has 2 heteroatoms. The molecular weight excluding hydrogens is 296 g/mol. The van der Waals surface area contributed by atoms with Crippen molar-refractivity contribution in [2.24, 2.45) is 0 Å². The van der Waals surface area contributed by atoms with Gasteiger partial charge >= 0.3 is 0 Å². The van der Waals surface area contributed by atoms with Gasteiger partial charge in [0, 0.05) is 0 Å². The molecule has 0 unspecified atom stereocenters. The monoisotopic (exact) mass is 312 g/mol. The van der Waals surface area contributed by atoms with Crippen LogP contribution in [-0.4, -0.2) is 0 Å². The lowest BCUT2D eigenvalue weighted by Crippen LogP contribution is -1.86. The van der Waals surface area contributed by atoms with Gasteiger partial charge in [0.15, 0.2) is 0 Å². The number of benzene rings is 4. The topological polar surface area (TPSA) is 18.5 Å². The summed E-state index contributed by atoms with van der Waals surface area (Å²) >= 11 is 0. The Morgan fingerprint density at radius 2 is 0.833 bits per heavy atom. The second-order valence-electron chi connectivity index (χ2n) is 5.50. The first-order chi connectivity index (χ1) is 11.9. The van der Waals surface area contributed by atoms with Crippen molar-refractivity contribution in [3.05, 3.63) is 97.1 Å². The van der Waals surface area contributed by atoms with Crippen LogP contribution in [0.1, 0.15) is 0 Å². The van der Waals surface area contributed by atoms with Crippen LogP contribution in [0.2, 0.25) is 0 Å². The summed E-state index contributed by atoms with van der Waals surface area (Å²) < 4.78 is 11.8. The van der Waals surface area contributed by atoms with E-state index >= 15 is 0 Å². The standard InChI is InChI=1S/C22H16O2/c1-3-7-19(8-4-1)23-21-13-11-17-12-14-22(16-18(17)15-21)24-20-9-5-2-6-10-20/h1-16H. The van der Waals surface area contributed by atoms with E-state index in [1.807, 2.05) is 84.9 Å². The fourth-order valence-electron chi connectivity index (χ4n) is 2.58. The van der Waals surface area contributed by atoms with Crippen molar-refractivity contribution in [1.29, 1.82) is 0 Å². The van der Waals surface area contributed by atoms with E-state index in [2.05, 4.69) is 12.1 Å². The minimum atomic E-state index is 0.811. The van der Waals surface area contributed by atoms with Crippen molar-refractivity contribution < 1.29 is 9.47 Å². The van der Waals surface area contributed by atoms with Crippen LogP contribution in [0.25, 0.3) is 10.8 Å². The molecule has 0 aliphatic rings. The van der Waals surface area contributed by atoms with Crippen molar-refractivity contribution >= 4 is 10.8 Å². The van der Waals surface area contributed by atoms with Crippen LogP contribution in [-0.2, 0) is 0 Å². The fraction of sp³-hybridized carbons (Fsp3) is 0. The third kappa shape index (κ3) is 3.23. The normalized spacial score (nSPS) is 10.5. The molecule has 4 rings (SSSR count). The number of ether oxygens (including phenoxy) is 2. The molecule has 0 aliphatic heterocycles. The van der Waals surface area contributed by atoms with Crippen molar-refractivity contribution in [3.8, 4) is 23.0 Å². The van der Waals surface area contributed by atoms with E-state index in [1.165, 1.54) is 0 Å². The van der Waals surface area contributed by atoms with Crippen LogP contribution in [0, 0.1) is 0 Å². The van der Waals surface area contributed by atoms with Gasteiger partial charge in [-0.2, -0.15) is 0 Å². The molecule has 0 spiro atoms. The van der Waals surface area contributed by atoms with Gasteiger partial charge in [0.25, 0.3) is 0 Å². The highest BCUT2D eigenvalue weighted by Gasteiger charge is 2.02. The van der Waals surface area contributed by atoms with E-state index in [9.17, 15) is 0 Å². The quantitative estimate of drug-likeness (QED) is 0.432. The van der Waals surface area contributed by atoms with Crippen LogP contribution in [0.3, 0.4) is 0 Å². The molecule has 0 saturated heterocycles. The molecule has 116 valence electrons. The highest BCUT2D eigenvalue weighted by molar-refractivity contribution is 5.85. The van der Waals surface area contributed by atoms with E-state index < -0.39 is 0 Å². The van der Waals surface area contributed by atoms with Crippen molar-refractivity contribution in [2.75, 3.05) is 0 Å². The Bertz CT molecular complexity index is 871. The average Bonchev–Trinajstić information content (AvgIpc) is 2.63. The molecule has 0 radical (unpaired) electrons. The Labute approximate surface area is 140 Å². The predicted molar refractivity (Wildman–Crippen MR) is 97.0 cm³/mol. The largest absolute Gasteiger partial charge is 0.457 e. The van der Waals surface area contributed by atoms with Gasteiger partial charge in [0.1, 0.15) is 23.0 Å². The van der Waals surface area contributed by atoms with E-state index in [4.69, 9.17) is 9.47 Å². The summed E-state index contributed by atoms with van der Waals surface area (Å²) in [5.74, 6) is 3.28. The van der Waals surface area contributed by atoms with Crippen molar-refractivity contribution in [1.82, 2.24) is 0 Å². The van der Waals surface area contributed by atoms with E-state index in [1.54, 1.807) is 0 Å². The van der Waals surface area contributed by atoms with Crippen LogP contribution in [0.15, 0.2) is 97.1 Å². The summed E-state index contributed by atoms with van der Waals surface area (Å²) in [6.45, 7) is 0. The molecule has 0 saturated carbocycles. The average molecular weight is 312 g/mol. The van der Waals surface area contributed by atoms with Gasteiger partial charge in [-0.1, -0.05) is 48.5 Å². The Morgan fingerprint density at radius 3 is 1.29 bits per heavy atom. The zero-order valence-corrected chi connectivity index (χ0v) is 13.1. The van der Waals surface area contributed by atoms with Crippen LogP contribution in [0.4, 0.5) is 0 Å². The van der Waals surface area contributed by atoms with E-state index in [-0.39, 0.29) is 0 Å². The Balaban J connectivity index is 1.63. The first-order valence-corrected chi connectivity index (χ1v) is 7.86. The molecular formula is C22H16O2. The Kier molecular flexibility index (Phi) is 3.86. The third-order valence-corrected chi connectivity index (χ3v) is 3.74. The SMILES string of the molecule is c1ccc(Oc2ccc3ccc(Oc4ccccc4)cc3c2)cc1. The number of para-hydroxylation sites is 2. The van der Waals surface area contributed by atoms with Crippen molar-refractivity contribution in [3.63, 3.8) is 0 Å². The van der Waals surface area contributed by atoms with Gasteiger partial charge in [0.2, 0.25) is 0 Å².